The number of hydrogen-bond donors (Lipinski definition) is 3. The number of aliphatic imine (C=N–C) groups is 1. The maximum absolute atomic E-state index is 12.0. The van der Waals surface area contributed by atoms with Crippen molar-refractivity contribution in [3.8, 4) is 0 Å². The predicted octanol–water partition coefficient (Wildman–Crippen LogP) is 3.46. The molecule has 126 valence electrons. The first kappa shape index (κ1) is 18.1. The molecule has 2 rings (SSSR count). The number of nitrogens with one attached hydrogen (secondary N) is 2. The number of rotatable bonds is 5. The van der Waals surface area contributed by atoms with E-state index in [-0.39, 0.29) is 5.91 Å². The van der Waals surface area contributed by atoms with Crippen LogP contribution in [0.4, 0.5) is 5.69 Å². The molecule has 0 radical (unpaired) electrons. The van der Waals surface area contributed by atoms with E-state index in [1.165, 1.54) is 11.6 Å². The number of nitrogens with zero attached hydrogens (tertiary/aromatic N) is 1. The summed E-state index contributed by atoms with van der Waals surface area (Å²) in [7, 11) is 0. The molecule has 0 spiro atoms. The Bertz CT molecular complexity index is 745. The van der Waals surface area contributed by atoms with Crippen LogP contribution in [-0.4, -0.2) is 25.0 Å². The van der Waals surface area contributed by atoms with E-state index in [2.05, 4.69) is 15.6 Å². The number of nitrogens with two attached hydrogens (primary N) is 1. The van der Waals surface area contributed by atoms with Gasteiger partial charge >= 0.3 is 0 Å². The van der Waals surface area contributed by atoms with Gasteiger partial charge in [-0.15, -0.1) is 0 Å². The van der Waals surface area contributed by atoms with E-state index in [1.807, 2.05) is 31.2 Å². The van der Waals surface area contributed by atoms with E-state index < -0.39 is 0 Å². The number of carbonyl (C=O) groups is 1. The Balaban J connectivity index is 1.79. The summed E-state index contributed by atoms with van der Waals surface area (Å²) >= 11 is 11.7. The molecule has 0 aliphatic carbocycles. The topological polar surface area (TPSA) is 79.5 Å². The summed E-state index contributed by atoms with van der Waals surface area (Å²) in [5.41, 5.74) is 8.28. The van der Waals surface area contributed by atoms with Crippen molar-refractivity contribution >= 4 is 40.8 Å². The van der Waals surface area contributed by atoms with Gasteiger partial charge in [-0.05, 0) is 37.3 Å². The summed E-state index contributed by atoms with van der Waals surface area (Å²) in [6, 6.07) is 12.5. The molecule has 0 aromatic heterocycles. The van der Waals surface area contributed by atoms with Crippen molar-refractivity contribution in [1.82, 2.24) is 5.32 Å². The van der Waals surface area contributed by atoms with Crippen LogP contribution in [-0.2, 0) is 0 Å². The van der Waals surface area contributed by atoms with Gasteiger partial charge in [-0.25, -0.2) is 0 Å². The summed E-state index contributed by atoms with van der Waals surface area (Å²) in [5, 5.41) is 6.48. The third-order valence-electron chi connectivity index (χ3n) is 3.19. The molecule has 4 N–H and O–H groups in total. The van der Waals surface area contributed by atoms with Crippen molar-refractivity contribution in [3.05, 3.63) is 63.6 Å². The highest BCUT2D eigenvalue weighted by atomic mass is 35.5. The standard InChI is InChI=1S/C17H18Cl2N4O/c1-11-2-5-13(6-3-11)23-17(20)22-9-8-21-16(24)12-4-7-14(18)15(19)10-12/h2-7,10H,8-9H2,1H3,(H,21,24)(H3,20,22,23). The van der Waals surface area contributed by atoms with Crippen LogP contribution < -0.4 is 16.4 Å². The summed E-state index contributed by atoms with van der Waals surface area (Å²) in [4.78, 5) is 16.1. The van der Waals surface area contributed by atoms with Gasteiger partial charge in [0.25, 0.3) is 5.91 Å². The molecule has 5 nitrogen and oxygen atoms in total. The van der Waals surface area contributed by atoms with Gasteiger partial charge in [0.2, 0.25) is 0 Å². The van der Waals surface area contributed by atoms with Crippen molar-refractivity contribution in [2.45, 2.75) is 6.92 Å². The van der Waals surface area contributed by atoms with Crippen LogP contribution in [0.2, 0.25) is 10.0 Å². The van der Waals surface area contributed by atoms with Gasteiger partial charge in [0, 0.05) is 17.8 Å². The van der Waals surface area contributed by atoms with Crippen LogP contribution in [0.5, 0.6) is 0 Å². The molecule has 0 unspecified atom stereocenters. The Morgan fingerprint density at radius 1 is 1.12 bits per heavy atom. The number of carbonyl (C=O) groups excluding carboxylic acids is 1. The number of benzene rings is 2. The van der Waals surface area contributed by atoms with Crippen LogP contribution in [0.25, 0.3) is 0 Å². The predicted molar refractivity (Wildman–Crippen MR) is 100 cm³/mol. The second-order valence-corrected chi connectivity index (χ2v) is 5.96. The van der Waals surface area contributed by atoms with Gasteiger partial charge in [0.1, 0.15) is 0 Å². The van der Waals surface area contributed by atoms with Gasteiger partial charge < -0.3 is 16.4 Å². The van der Waals surface area contributed by atoms with E-state index >= 15 is 0 Å². The number of aryl methyl sites for hydroxylation is 1. The second kappa shape index (κ2) is 8.57. The lowest BCUT2D eigenvalue weighted by Crippen LogP contribution is -2.28. The lowest BCUT2D eigenvalue weighted by atomic mass is 10.2. The van der Waals surface area contributed by atoms with Gasteiger partial charge in [0.05, 0.1) is 16.6 Å². The number of amides is 1. The number of hydrogen-bond acceptors (Lipinski definition) is 2. The summed E-state index contributed by atoms with van der Waals surface area (Å²) in [6.07, 6.45) is 0. The number of halogens is 2. The summed E-state index contributed by atoms with van der Waals surface area (Å²) < 4.78 is 0. The quantitative estimate of drug-likeness (QED) is 0.431. The molecule has 24 heavy (non-hydrogen) atoms. The van der Waals surface area contributed by atoms with Crippen molar-refractivity contribution in [1.29, 1.82) is 0 Å². The third-order valence-corrected chi connectivity index (χ3v) is 3.92. The molecule has 0 bridgehead atoms. The van der Waals surface area contributed by atoms with Gasteiger partial charge in [0.15, 0.2) is 5.96 Å². The van der Waals surface area contributed by atoms with Crippen LogP contribution in [0.3, 0.4) is 0 Å². The summed E-state index contributed by atoms with van der Waals surface area (Å²) in [6.45, 7) is 2.73. The van der Waals surface area contributed by atoms with Crippen LogP contribution >= 0.6 is 23.2 Å². The highest BCUT2D eigenvalue weighted by molar-refractivity contribution is 6.42. The minimum Gasteiger partial charge on any atom is -0.370 e. The zero-order valence-electron chi connectivity index (χ0n) is 13.1. The fourth-order valence-electron chi connectivity index (χ4n) is 1.91. The monoisotopic (exact) mass is 364 g/mol. The first-order chi connectivity index (χ1) is 11.5. The Morgan fingerprint density at radius 2 is 1.83 bits per heavy atom. The Kier molecular flexibility index (Phi) is 6.46. The molecule has 0 saturated carbocycles. The molecule has 0 atom stereocenters. The maximum atomic E-state index is 12.0. The second-order valence-electron chi connectivity index (χ2n) is 5.14. The molecule has 2 aromatic carbocycles. The van der Waals surface area contributed by atoms with E-state index in [1.54, 1.807) is 12.1 Å². The molecule has 0 fully saturated rings. The van der Waals surface area contributed by atoms with E-state index in [0.717, 1.165) is 5.69 Å². The molecular weight excluding hydrogens is 347 g/mol. The highest BCUT2D eigenvalue weighted by Crippen LogP contribution is 2.22. The summed E-state index contributed by atoms with van der Waals surface area (Å²) in [5.74, 6) is 0.0523. The van der Waals surface area contributed by atoms with Crippen molar-refractivity contribution in [2.24, 2.45) is 10.7 Å². The Hall–Kier alpha value is -2.24. The first-order valence-electron chi connectivity index (χ1n) is 7.32. The first-order valence-corrected chi connectivity index (χ1v) is 8.08. The average Bonchev–Trinajstić information content (AvgIpc) is 2.56. The molecule has 0 heterocycles. The zero-order chi connectivity index (χ0) is 17.5. The molecule has 2 aromatic rings. The lowest BCUT2D eigenvalue weighted by Gasteiger charge is -2.07. The van der Waals surface area contributed by atoms with Crippen molar-refractivity contribution in [3.63, 3.8) is 0 Å². The largest absolute Gasteiger partial charge is 0.370 e. The fraction of sp³-hybridized carbons (Fsp3) is 0.176. The van der Waals surface area contributed by atoms with E-state index in [9.17, 15) is 4.79 Å². The van der Waals surface area contributed by atoms with Crippen molar-refractivity contribution in [2.75, 3.05) is 18.4 Å². The highest BCUT2D eigenvalue weighted by Gasteiger charge is 2.07. The van der Waals surface area contributed by atoms with Crippen molar-refractivity contribution < 1.29 is 4.79 Å². The zero-order valence-corrected chi connectivity index (χ0v) is 14.7. The molecule has 0 saturated heterocycles. The number of anilines is 1. The molecular formula is C17H18Cl2N4O. The maximum Gasteiger partial charge on any atom is 0.251 e. The molecule has 0 aliphatic rings. The lowest BCUT2D eigenvalue weighted by molar-refractivity contribution is 0.0955. The van der Waals surface area contributed by atoms with E-state index in [4.69, 9.17) is 28.9 Å². The van der Waals surface area contributed by atoms with Gasteiger partial charge in [-0.1, -0.05) is 40.9 Å². The van der Waals surface area contributed by atoms with E-state index in [0.29, 0.717) is 34.7 Å². The normalized spacial score (nSPS) is 11.2. The number of guanidine groups is 1. The van der Waals surface area contributed by atoms with Crippen LogP contribution in [0, 0.1) is 6.92 Å². The minimum atomic E-state index is -0.242. The SMILES string of the molecule is Cc1ccc(NC(N)=NCCNC(=O)c2ccc(Cl)c(Cl)c2)cc1. The fourth-order valence-corrected chi connectivity index (χ4v) is 2.21. The van der Waals surface area contributed by atoms with Gasteiger partial charge in [-0.3, -0.25) is 9.79 Å². The van der Waals surface area contributed by atoms with Gasteiger partial charge in [-0.2, -0.15) is 0 Å². The van der Waals surface area contributed by atoms with Crippen LogP contribution in [0.1, 0.15) is 15.9 Å². The molecule has 1 amide bonds. The molecule has 7 heteroatoms. The Labute approximate surface area is 150 Å². The third kappa shape index (κ3) is 5.44. The minimum absolute atomic E-state index is 0.242. The molecule has 0 aliphatic heterocycles. The average molecular weight is 365 g/mol. The Morgan fingerprint density at radius 3 is 2.50 bits per heavy atom. The smallest absolute Gasteiger partial charge is 0.251 e. The van der Waals surface area contributed by atoms with Crippen LogP contribution in [0.15, 0.2) is 47.5 Å².